The van der Waals surface area contributed by atoms with Crippen LogP contribution >= 0.6 is 11.6 Å². The van der Waals surface area contributed by atoms with Crippen molar-refractivity contribution in [3.05, 3.63) is 58.6 Å². The summed E-state index contributed by atoms with van der Waals surface area (Å²) in [7, 11) is 1.51. The highest BCUT2D eigenvalue weighted by Gasteiger charge is 2.56. The molecule has 0 atom stereocenters. The van der Waals surface area contributed by atoms with Crippen molar-refractivity contribution in [1.82, 2.24) is 5.32 Å². The van der Waals surface area contributed by atoms with Gasteiger partial charge in [0.1, 0.15) is 11.2 Å². The summed E-state index contributed by atoms with van der Waals surface area (Å²) in [6, 6.07) is 12.8. The lowest BCUT2D eigenvalue weighted by atomic mass is 10.0. The SMILES string of the molecule is COc1ccc(Cl)cc1NC(=O)C1(C(=O)NCc2ccccc2C)CC1. The van der Waals surface area contributed by atoms with Gasteiger partial charge in [0.05, 0.1) is 12.8 Å². The van der Waals surface area contributed by atoms with Gasteiger partial charge in [-0.15, -0.1) is 0 Å². The normalized spacial score (nSPS) is 14.4. The molecule has 2 aromatic carbocycles. The Morgan fingerprint density at radius 3 is 2.54 bits per heavy atom. The maximum atomic E-state index is 12.7. The van der Waals surface area contributed by atoms with Gasteiger partial charge in [0.15, 0.2) is 0 Å². The summed E-state index contributed by atoms with van der Waals surface area (Å²) in [6.07, 6.45) is 1.06. The summed E-state index contributed by atoms with van der Waals surface area (Å²) >= 11 is 6.00. The number of methoxy groups -OCH3 is 1. The summed E-state index contributed by atoms with van der Waals surface area (Å²) in [5, 5.41) is 6.16. The average molecular weight is 373 g/mol. The lowest BCUT2D eigenvalue weighted by Gasteiger charge is -2.17. The lowest BCUT2D eigenvalue weighted by Crippen LogP contribution is -2.39. The van der Waals surface area contributed by atoms with Crippen LogP contribution < -0.4 is 15.4 Å². The van der Waals surface area contributed by atoms with Crippen LogP contribution in [-0.4, -0.2) is 18.9 Å². The number of hydrogen-bond acceptors (Lipinski definition) is 3. The smallest absolute Gasteiger partial charge is 0.240 e. The molecule has 0 saturated heterocycles. The van der Waals surface area contributed by atoms with E-state index in [0.717, 1.165) is 11.1 Å². The summed E-state index contributed by atoms with van der Waals surface area (Å²) in [4.78, 5) is 25.4. The van der Waals surface area contributed by atoms with Crippen LogP contribution in [0.25, 0.3) is 0 Å². The zero-order valence-electron chi connectivity index (χ0n) is 14.8. The number of rotatable bonds is 6. The molecular formula is C20H21ClN2O3. The summed E-state index contributed by atoms with van der Waals surface area (Å²) < 4.78 is 5.24. The second-order valence-corrected chi connectivity index (χ2v) is 6.93. The molecular weight excluding hydrogens is 352 g/mol. The van der Waals surface area contributed by atoms with E-state index in [4.69, 9.17) is 16.3 Å². The molecule has 0 bridgehead atoms. The lowest BCUT2D eigenvalue weighted by molar-refractivity contribution is -0.134. The zero-order valence-corrected chi connectivity index (χ0v) is 15.5. The van der Waals surface area contributed by atoms with Crippen LogP contribution in [-0.2, 0) is 16.1 Å². The molecule has 0 aliphatic heterocycles. The Labute approximate surface area is 157 Å². The number of amides is 2. The monoisotopic (exact) mass is 372 g/mol. The minimum absolute atomic E-state index is 0.251. The molecule has 2 aromatic rings. The number of nitrogens with one attached hydrogen (secondary N) is 2. The molecule has 136 valence electrons. The second-order valence-electron chi connectivity index (χ2n) is 6.49. The molecule has 2 N–H and O–H groups in total. The number of ether oxygens (including phenoxy) is 1. The molecule has 2 amide bonds. The van der Waals surface area contributed by atoms with Crippen LogP contribution in [0.5, 0.6) is 5.75 Å². The molecule has 1 aliphatic rings. The van der Waals surface area contributed by atoms with Gasteiger partial charge in [-0.2, -0.15) is 0 Å². The minimum atomic E-state index is -1.02. The third-order valence-electron chi connectivity index (χ3n) is 4.73. The van der Waals surface area contributed by atoms with E-state index in [9.17, 15) is 9.59 Å². The average Bonchev–Trinajstić information content (AvgIpc) is 3.43. The number of carbonyl (C=O) groups excluding carboxylic acids is 2. The Morgan fingerprint density at radius 2 is 1.88 bits per heavy atom. The van der Waals surface area contributed by atoms with Crippen LogP contribution in [0.1, 0.15) is 24.0 Å². The van der Waals surface area contributed by atoms with Crippen molar-refractivity contribution < 1.29 is 14.3 Å². The van der Waals surface area contributed by atoms with Crippen molar-refractivity contribution in [2.75, 3.05) is 12.4 Å². The fourth-order valence-corrected chi connectivity index (χ4v) is 3.03. The van der Waals surface area contributed by atoms with E-state index in [0.29, 0.717) is 35.8 Å². The quantitative estimate of drug-likeness (QED) is 0.760. The molecule has 0 radical (unpaired) electrons. The van der Waals surface area contributed by atoms with Gasteiger partial charge < -0.3 is 15.4 Å². The summed E-state index contributed by atoms with van der Waals surface area (Å²) in [6.45, 7) is 2.40. The molecule has 26 heavy (non-hydrogen) atoms. The van der Waals surface area contributed by atoms with E-state index < -0.39 is 5.41 Å². The van der Waals surface area contributed by atoms with Gasteiger partial charge in [-0.1, -0.05) is 35.9 Å². The van der Waals surface area contributed by atoms with Crippen LogP contribution in [0.3, 0.4) is 0 Å². The molecule has 0 unspecified atom stereocenters. The van der Waals surface area contributed by atoms with Gasteiger partial charge >= 0.3 is 0 Å². The predicted octanol–water partition coefficient (Wildman–Crippen LogP) is 3.69. The molecule has 0 heterocycles. The van der Waals surface area contributed by atoms with Gasteiger partial charge in [0.25, 0.3) is 0 Å². The first-order valence-corrected chi connectivity index (χ1v) is 8.82. The van der Waals surface area contributed by atoms with Gasteiger partial charge in [-0.05, 0) is 49.1 Å². The number of anilines is 1. The first-order valence-electron chi connectivity index (χ1n) is 8.44. The number of halogens is 1. The van der Waals surface area contributed by atoms with Crippen molar-refractivity contribution in [3.63, 3.8) is 0 Å². The highest BCUT2D eigenvalue weighted by atomic mass is 35.5. The van der Waals surface area contributed by atoms with Crippen molar-refractivity contribution >= 4 is 29.1 Å². The van der Waals surface area contributed by atoms with Crippen LogP contribution in [0.4, 0.5) is 5.69 Å². The molecule has 0 spiro atoms. The van der Waals surface area contributed by atoms with E-state index in [1.807, 2.05) is 31.2 Å². The Bertz CT molecular complexity index is 847. The van der Waals surface area contributed by atoms with Crippen molar-refractivity contribution in [2.45, 2.75) is 26.3 Å². The van der Waals surface area contributed by atoms with Gasteiger partial charge in [0.2, 0.25) is 11.8 Å². The molecule has 1 aliphatic carbocycles. The topological polar surface area (TPSA) is 67.4 Å². The Morgan fingerprint density at radius 1 is 1.15 bits per heavy atom. The maximum Gasteiger partial charge on any atom is 0.240 e. The number of carbonyl (C=O) groups is 2. The Kier molecular flexibility index (Phi) is 5.18. The van der Waals surface area contributed by atoms with Crippen molar-refractivity contribution in [1.29, 1.82) is 0 Å². The maximum absolute atomic E-state index is 12.7. The molecule has 1 saturated carbocycles. The van der Waals surface area contributed by atoms with E-state index in [-0.39, 0.29) is 11.8 Å². The van der Waals surface area contributed by atoms with Crippen LogP contribution in [0, 0.1) is 12.3 Å². The summed E-state index contributed by atoms with van der Waals surface area (Å²) in [5.74, 6) is -0.0848. The fourth-order valence-electron chi connectivity index (χ4n) is 2.86. The molecule has 1 fully saturated rings. The fraction of sp³-hybridized carbons (Fsp3) is 0.300. The van der Waals surface area contributed by atoms with E-state index in [1.165, 1.54) is 7.11 Å². The van der Waals surface area contributed by atoms with E-state index >= 15 is 0 Å². The van der Waals surface area contributed by atoms with E-state index in [2.05, 4.69) is 10.6 Å². The third kappa shape index (κ3) is 3.68. The Hall–Kier alpha value is -2.53. The van der Waals surface area contributed by atoms with Crippen molar-refractivity contribution in [2.24, 2.45) is 5.41 Å². The highest BCUT2D eigenvalue weighted by Crippen LogP contribution is 2.47. The highest BCUT2D eigenvalue weighted by molar-refractivity contribution is 6.31. The predicted molar refractivity (Wildman–Crippen MR) is 101 cm³/mol. The van der Waals surface area contributed by atoms with Crippen LogP contribution in [0.2, 0.25) is 5.02 Å². The molecule has 6 heteroatoms. The third-order valence-corrected chi connectivity index (χ3v) is 4.96. The van der Waals surface area contributed by atoms with Gasteiger partial charge in [-0.25, -0.2) is 0 Å². The van der Waals surface area contributed by atoms with Crippen LogP contribution in [0.15, 0.2) is 42.5 Å². The number of aryl methyl sites for hydroxylation is 1. The minimum Gasteiger partial charge on any atom is -0.495 e. The first-order chi connectivity index (χ1) is 12.5. The Balaban J connectivity index is 1.68. The summed E-state index contributed by atoms with van der Waals surface area (Å²) in [5.41, 5.74) is 1.58. The van der Waals surface area contributed by atoms with Crippen molar-refractivity contribution in [3.8, 4) is 5.75 Å². The van der Waals surface area contributed by atoms with Gasteiger partial charge in [-0.3, -0.25) is 9.59 Å². The second kappa shape index (κ2) is 7.38. The molecule has 0 aromatic heterocycles. The number of benzene rings is 2. The number of hydrogen-bond donors (Lipinski definition) is 2. The zero-order chi connectivity index (χ0) is 18.7. The molecule has 3 rings (SSSR count). The standard InChI is InChI=1S/C20H21ClN2O3/c1-13-5-3-4-6-14(13)12-22-18(24)20(9-10-20)19(25)23-16-11-15(21)7-8-17(16)26-2/h3-8,11H,9-10,12H2,1-2H3,(H,22,24)(H,23,25). The first kappa shape index (κ1) is 18.3. The van der Waals surface area contributed by atoms with Gasteiger partial charge in [0, 0.05) is 11.6 Å². The molecule has 5 nitrogen and oxygen atoms in total. The largest absolute Gasteiger partial charge is 0.495 e. The van der Waals surface area contributed by atoms with E-state index in [1.54, 1.807) is 18.2 Å².